The van der Waals surface area contributed by atoms with Crippen molar-refractivity contribution in [2.45, 2.75) is 65.8 Å². The van der Waals surface area contributed by atoms with Gasteiger partial charge in [0.05, 0.1) is 0 Å². The van der Waals surface area contributed by atoms with Crippen molar-refractivity contribution in [2.24, 2.45) is 5.92 Å². The maximum Gasteiger partial charge on any atom is 0.134 e. The number of rotatable bonds is 9. The number of aryl methyl sites for hydroxylation is 1. The van der Waals surface area contributed by atoms with Crippen LogP contribution in [0, 0.1) is 5.92 Å². The van der Waals surface area contributed by atoms with E-state index in [1.54, 1.807) is 0 Å². The maximum atomic E-state index is 4.81. The Kier molecular flexibility index (Phi) is 5.83. The average Bonchev–Trinajstić information content (AvgIpc) is 3.26. The molecule has 1 N–H and O–H groups in total. The van der Waals surface area contributed by atoms with E-state index in [-0.39, 0.29) is 0 Å². The zero-order chi connectivity index (χ0) is 15.2. The zero-order valence-electron chi connectivity index (χ0n) is 14.0. The highest BCUT2D eigenvalue weighted by molar-refractivity contribution is 5.50. The minimum Gasteiger partial charge on any atom is -0.370 e. The molecule has 4 nitrogen and oxygen atoms in total. The molecule has 0 spiro atoms. The van der Waals surface area contributed by atoms with Gasteiger partial charge < -0.3 is 10.2 Å². The van der Waals surface area contributed by atoms with Crippen LogP contribution in [0.1, 0.15) is 59.2 Å². The van der Waals surface area contributed by atoms with Gasteiger partial charge in [0.1, 0.15) is 17.5 Å². The molecule has 1 aliphatic rings. The number of nitrogens with zero attached hydrogens (tertiary/aromatic N) is 3. The molecule has 0 bridgehead atoms. The quantitative estimate of drug-likeness (QED) is 0.749. The Balaban J connectivity index is 2.22. The first kappa shape index (κ1) is 16.1. The summed E-state index contributed by atoms with van der Waals surface area (Å²) in [5, 5.41) is 3.42. The Bertz CT molecular complexity index is 440. The van der Waals surface area contributed by atoms with Crippen LogP contribution in [0.3, 0.4) is 0 Å². The van der Waals surface area contributed by atoms with Crippen LogP contribution in [0.15, 0.2) is 6.07 Å². The molecule has 118 valence electrons. The standard InChI is InChI=1S/C17H30N4/c1-5-7-15-19-16(18-10-6-2)11-17(20-15)21(13(3)4)12-14-8-9-14/h11,13-14H,5-10,12H2,1-4H3,(H,18,19,20). The fourth-order valence-corrected chi connectivity index (χ4v) is 2.46. The van der Waals surface area contributed by atoms with Gasteiger partial charge in [-0.2, -0.15) is 0 Å². The molecule has 1 aromatic rings. The summed E-state index contributed by atoms with van der Waals surface area (Å²) in [6.45, 7) is 11.0. The van der Waals surface area contributed by atoms with Crippen LogP contribution in [-0.2, 0) is 6.42 Å². The van der Waals surface area contributed by atoms with Crippen molar-refractivity contribution in [3.63, 3.8) is 0 Å². The Hall–Kier alpha value is -1.32. The third kappa shape index (κ3) is 4.87. The third-order valence-electron chi connectivity index (χ3n) is 3.86. The second-order valence-corrected chi connectivity index (χ2v) is 6.39. The molecule has 21 heavy (non-hydrogen) atoms. The highest BCUT2D eigenvalue weighted by Gasteiger charge is 2.26. The number of aromatic nitrogens is 2. The normalized spacial score (nSPS) is 14.5. The molecular formula is C17H30N4. The second kappa shape index (κ2) is 7.62. The SMILES string of the molecule is CCCNc1cc(N(CC2CC2)C(C)C)nc(CCC)n1. The third-order valence-corrected chi connectivity index (χ3v) is 3.86. The van der Waals surface area contributed by atoms with Crippen molar-refractivity contribution in [3.05, 3.63) is 11.9 Å². The van der Waals surface area contributed by atoms with Gasteiger partial charge in [0.15, 0.2) is 0 Å². The van der Waals surface area contributed by atoms with Gasteiger partial charge in [-0.1, -0.05) is 13.8 Å². The highest BCUT2D eigenvalue weighted by Crippen LogP contribution is 2.32. The number of hydrogen-bond acceptors (Lipinski definition) is 4. The van der Waals surface area contributed by atoms with Gasteiger partial charge in [-0.15, -0.1) is 0 Å². The number of nitrogens with one attached hydrogen (secondary N) is 1. The molecule has 1 fully saturated rings. The predicted molar refractivity (Wildman–Crippen MR) is 90.0 cm³/mol. The molecule has 0 aromatic carbocycles. The summed E-state index contributed by atoms with van der Waals surface area (Å²) in [4.78, 5) is 11.9. The fraction of sp³-hybridized carbons (Fsp3) is 0.765. The summed E-state index contributed by atoms with van der Waals surface area (Å²) in [7, 11) is 0. The molecule has 0 atom stereocenters. The molecule has 1 heterocycles. The molecule has 0 radical (unpaired) electrons. The van der Waals surface area contributed by atoms with E-state index >= 15 is 0 Å². The van der Waals surface area contributed by atoms with Gasteiger partial charge in [-0.3, -0.25) is 0 Å². The lowest BCUT2D eigenvalue weighted by Crippen LogP contribution is -2.33. The van der Waals surface area contributed by atoms with Crippen LogP contribution in [0.2, 0.25) is 0 Å². The first-order chi connectivity index (χ1) is 10.1. The fourth-order valence-electron chi connectivity index (χ4n) is 2.46. The molecule has 1 aromatic heterocycles. The van der Waals surface area contributed by atoms with Gasteiger partial charge >= 0.3 is 0 Å². The van der Waals surface area contributed by atoms with Crippen LogP contribution < -0.4 is 10.2 Å². The molecular weight excluding hydrogens is 260 g/mol. The lowest BCUT2D eigenvalue weighted by molar-refractivity contribution is 0.632. The van der Waals surface area contributed by atoms with E-state index in [0.29, 0.717) is 6.04 Å². The summed E-state index contributed by atoms with van der Waals surface area (Å²) >= 11 is 0. The Morgan fingerprint density at radius 3 is 2.57 bits per heavy atom. The molecule has 1 aliphatic carbocycles. The van der Waals surface area contributed by atoms with Crippen LogP contribution in [0.25, 0.3) is 0 Å². The van der Waals surface area contributed by atoms with E-state index in [4.69, 9.17) is 4.98 Å². The van der Waals surface area contributed by atoms with Crippen LogP contribution in [0.5, 0.6) is 0 Å². The van der Waals surface area contributed by atoms with Crippen molar-refractivity contribution < 1.29 is 0 Å². The Morgan fingerprint density at radius 2 is 2.00 bits per heavy atom. The van der Waals surface area contributed by atoms with Gasteiger partial charge in [-0.05, 0) is 45.4 Å². The summed E-state index contributed by atoms with van der Waals surface area (Å²) in [5.41, 5.74) is 0. The van der Waals surface area contributed by atoms with Crippen molar-refractivity contribution >= 4 is 11.6 Å². The van der Waals surface area contributed by atoms with E-state index in [2.05, 4.69) is 49.0 Å². The minimum absolute atomic E-state index is 0.481. The molecule has 4 heteroatoms. The first-order valence-electron chi connectivity index (χ1n) is 8.52. The maximum absolute atomic E-state index is 4.81. The zero-order valence-corrected chi connectivity index (χ0v) is 14.0. The lowest BCUT2D eigenvalue weighted by atomic mass is 10.2. The molecule has 0 saturated heterocycles. The molecule has 0 amide bonds. The molecule has 0 unspecified atom stereocenters. The molecule has 0 aliphatic heterocycles. The van der Waals surface area contributed by atoms with E-state index in [1.165, 1.54) is 12.8 Å². The summed E-state index contributed by atoms with van der Waals surface area (Å²) in [5.74, 6) is 3.90. The second-order valence-electron chi connectivity index (χ2n) is 6.39. The summed E-state index contributed by atoms with van der Waals surface area (Å²) in [6, 6.07) is 2.60. The van der Waals surface area contributed by atoms with Crippen molar-refractivity contribution in [1.82, 2.24) is 9.97 Å². The van der Waals surface area contributed by atoms with Crippen molar-refractivity contribution in [3.8, 4) is 0 Å². The highest BCUT2D eigenvalue weighted by atomic mass is 15.2. The Labute approximate surface area is 129 Å². The average molecular weight is 290 g/mol. The summed E-state index contributed by atoms with van der Waals surface area (Å²) in [6.07, 6.45) is 5.89. The van der Waals surface area contributed by atoms with Crippen LogP contribution in [-0.4, -0.2) is 29.1 Å². The van der Waals surface area contributed by atoms with E-state index in [1.807, 2.05) is 0 Å². The van der Waals surface area contributed by atoms with E-state index in [9.17, 15) is 0 Å². The van der Waals surface area contributed by atoms with E-state index < -0.39 is 0 Å². The van der Waals surface area contributed by atoms with Gasteiger partial charge in [0.2, 0.25) is 0 Å². The van der Waals surface area contributed by atoms with Crippen LogP contribution in [0.4, 0.5) is 11.6 Å². The van der Waals surface area contributed by atoms with Gasteiger partial charge in [0.25, 0.3) is 0 Å². The van der Waals surface area contributed by atoms with Crippen LogP contribution >= 0.6 is 0 Å². The predicted octanol–water partition coefficient (Wildman–Crippen LogP) is 3.88. The number of hydrogen-bond donors (Lipinski definition) is 1. The van der Waals surface area contributed by atoms with Crippen molar-refractivity contribution in [2.75, 3.05) is 23.3 Å². The summed E-state index contributed by atoms with van der Waals surface area (Å²) < 4.78 is 0. The Morgan fingerprint density at radius 1 is 1.24 bits per heavy atom. The molecule has 2 rings (SSSR count). The van der Waals surface area contributed by atoms with E-state index in [0.717, 1.165) is 55.7 Å². The van der Waals surface area contributed by atoms with Gasteiger partial charge in [0, 0.05) is 31.6 Å². The topological polar surface area (TPSA) is 41.0 Å². The smallest absolute Gasteiger partial charge is 0.134 e. The van der Waals surface area contributed by atoms with Gasteiger partial charge in [-0.25, -0.2) is 9.97 Å². The lowest BCUT2D eigenvalue weighted by Gasteiger charge is -2.28. The molecule has 1 saturated carbocycles. The van der Waals surface area contributed by atoms with Crippen molar-refractivity contribution in [1.29, 1.82) is 0 Å². The first-order valence-corrected chi connectivity index (χ1v) is 8.52. The monoisotopic (exact) mass is 290 g/mol. The minimum atomic E-state index is 0.481. The number of anilines is 2. The largest absolute Gasteiger partial charge is 0.370 e.